The topological polar surface area (TPSA) is 3.24 Å². The molecule has 0 radical (unpaired) electrons. The van der Waals surface area contributed by atoms with E-state index >= 15 is 0 Å². The minimum Gasteiger partial charge on any atom is -0.345 e. The van der Waals surface area contributed by atoms with E-state index in [0.717, 1.165) is 48.3 Å². The lowest BCUT2D eigenvalue weighted by Gasteiger charge is -2.23. The highest BCUT2D eigenvalue weighted by atomic mass is 19.1. The summed E-state index contributed by atoms with van der Waals surface area (Å²) in [6.45, 7) is 8.95. The van der Waals surface area contributed by atoms with Crippen LogP contribution in [0.4, 0.5) is 10.1 Å². The first-order chi connectivity index (χ1) is 7.63. The molecule has 1 saturated heterocycles. The summed E-state index contributed by atoms with van der Waals surface area (Å²) in [6.07, 6.45) is 2.88. The molecule has 1 heterocycles. The number of nitrogens with zero attached hydrogens (tertiary/aromatic N) is 1. The third-order valence-corrected chi connectivity index (χ3v) is 3.19. The van der Waals surface area contributed by atoms with Crippen LogP contribution in [0.3, 0.4) is 0 Å². The molecule has 0 unspecified atom stereocenters. The lowest BCUT2D eigenvalue weighted by Crippen LogP contribution is -2.18. The van der Waals surface area contributed by atoms with E-state index in [0.29, 0.717) is 0 Å². The number of hydrogen-bond acceptors (Lipinski definition) is 1. The Bertz CT molecular complexity index is 423. The molecule has 1 aliphatic rings. The van der Waals surface area contributed by atoms with Gasteiger partial charge in [-0.3, -0.25) is 0 Å². The lowest BCUT2D eigenvalue weighted by atomic mass is 10.1. The van der Waals surface area contributed by atoms with Crippen LogP contribution in [-0.4, -0.2) is 6.54 Å². The molecule has 1 nitrogen and oxygen atoms in total. The summed E-state index contributed by atoms with van der Waals surface area (Å²) in [5.41, 5.74) is 3.92. The molecular formula is C14H18FN. The largest absolute Gasteiger partial charge is 0.345 e. The average molecular weight is 219 g/mol. The first-order valence-electron chi connectivity index (χ1n) is 5.87. The molecule has 1 aromatic carbocycles. The van der Waals surface area contributed by atoms with E-state index in [1.807, 2.05) is 13.8 Å². The highest BCUT2D eigenvalue weighted by Crippen LogP contribution is 2.32. The molecule has 16 heavy (non-hydrogen) atoms. The predicted octanol–water partition coefficient (Wildman–Crippen LogP) is 3.81. The highest BCUT2D eigenvalue weighted by Gasteiger charge is 2.20. The van der Waals surface area contributed by atoms with Gasteiger partial charge in [-0.2, -0.15) is 0 Å². The molecule has 0 bridgehead atoms. The van der Waals surface area contributed by atoms with E-state index in [1.54, 1.807) is 6.07 Å². The third-order valence-electron chi connectivity index (χ3n) is 3.19. The Balaban J connectivity index is 2.49. The van der Waals surface area contributed by atoms with Gasteiger partial charge < -0.3 is 4.90 Å². The first-order valence-corrected chi connectivity index (χ1v) is 5.87. The Morgan fingerprint density at radius 1 is 1.44 bits per heavy atom. The Hall–Kier alpha value is -1.31. The van der Waals surface area contributed by atoms with Crippen LogP contribution in [0, 0.1) is 12.7 Å². The predicted molar refractivity (Wildman–Crippen MR) is 66.2 cm³/mol. The second kappa shape index (κ2) is 4.28. The van der Waals surface area contributed by atoms with Gasteiger partial charge in [-0.1, -0.05) is 13.5 Å². The van der Waals surface area contributed by atoms with Gasteiger partial charge >= 0.3 is 0 Å². The third kappa shape index (κ3) is 1.84. The van der Waals surface area contributed by atoms with E-state index in [9.17, 15) is 4.39 Å². The van der Waals surface area contributed by atoms with Crippen LogP contribution in [0.25, 0.3) is 0 Å². The van der Waals surface area contributed by atoms with E-state index in [2.05, 4.69) is 17.5 Å². The molecule has 1 aromatic rings. The van der Waals surface area contributed by atoms with E-state index in [4.69, 9.17) is 0 Å². The van der Waals surface area contributed by atoms with Gasteiger partial charge in [0, 0.05) is 23.5 Å². The molecule has 0 aliphatic carbocycles. The quantitative estimate of drug-likeness (QED) is 0.731. The van der Waals surface area contributed by atoms with Crippen molar-refractivity contribution in [2.24, 2.45) is 0 Å². The molecule has 1 aliphatic heterocycles. The number of rotatable bonds is 2. The zero-order valence-electron chi connectivity index (χ0n) is 10.0. The average Bonchev–Trinajstić information content (AvgIpc) is 2.63. The monoisotopic (exact) mass is 219 g/mol. The van der Waals surface area contributed by atoms with Crippen molar-refractivity contribution >= 4 is 5.69 Å². The number of anilines is 1. The summed E-state index contributed by atoms with van der Waals surface area (Å²) in [7, 11) is 0. The fraction of sp³-hybridized carbons (Fsp3) is 0.429. The molecule has 1 fully saturated rings. The fourth-order valence-corrected chi connectivity index (χ4v) is 2.37. The van der Waals surface area contributed by atoms with Crippen LogP contribution in [-0.2, 0) is 6.42 Å². The van der Waals surface area contributed by atoms with Crippen molar-refractivity contribution in [1.82, 2.24) is 0 Å². The second-order valence-corrected chi connectivity index (χ2v) is 4.42. The SMILES string of the molecule is C=C1CCCN1c1cc(C)cc(F)c1CC. The Kier molecular flexibility index (Phi) is 2.99. The summed E-state index contributed by atoms with van der Waals surface area (Å²) in [4.78, 5) is 2.16. The molecular weight excluding hydrogens is 201 g/mol. The Morgan fingerprint density at radius 3 is 2.75 bits per heavy atom. The zero-order chi connectivity index (χ0) is 11.7. The molecule has 0 N–H and O–H groups in total. The fourth-order valence-electron chi connectivity index (χ4n) is 2.37. The van der Waals surface area contributed by atoms with Gasteiger partial charge in [0.25, 0.3) is 0 Å². The number of hydrogen-bond donors (Lipinski definition) is 0. The van der Waals surface area contributed by atoms with Gasteiger partial charge in [-0.15, -0.1) is 0 Å². The standard InChI is InChI=1S/C14H18FN/c1-4-12-13(15)8-10(2)9-14(12)16-7-5-6-11(16)3/h8-9H,3-7H2,1-2H3. The van der Waals surface area contributed by atoms with Crippen LogP contribution in [0.1, 0.15) is 30.9 Å². The highest BCUT2D eigenvalue weighted by molar-refractivity contribution is 5.60. The van der Waals surface area contributed by atoms with Crippen LogP contribution in [0.2, 0.25) is 0 Å². The second-order valence-electron chi connectivity index (χ2n) is 4.42. The van der Waals surface area contributed by atoms with Crippen LogP contribution >= 0.6 is 0 Å². The molecule has 86 valence electrons. The van der Waals surface area contributed by atoms with Crippen molar-refractivity contribution in [3.05, 3.63) is 41.4 Å². The molecule has 0 spiro atoms. The van der Waals surface area contributed by atoms with E-state index in [1.165, 1.54) is 0 Å². The summed E-state index contributed by atoms with van der Waals surface area (Å²) >= 11 is 0. The van der Waals surface area contributed by atoms with Crippen molar-refractivity contribution in [3.8, 4) is 0 Å². The van der Waals surface area contributed by atoms with Gasteiger partial charge in [0.1, 0.15) is 5.82 Å². The molecule has 0 amide bonds. The molecule has 2 heteroatoms. The van der Waals surface area contributed by atoms with E-state index < -0.39 is 0 Å². The summed E-state index contributed by atoms with van der Waals surface area (Å²) in [5.74, 6) is -0.0859. The van der Waals surface area contributed by atoms with Crippen molar-refractivity contribution in [2.75, 3.05) is 11.4 Å². The molecule has 0 atom stereocenters. The van der Waals surface area contributed by atoms with Crippen LogP contribution in [0.5, 0.6) is 0 Å². The number of benzene rings is 1. The first kappa shape index (κ1) is 11.2. The van der Waals surface area contributed by atoms with Gasteiger partial charge in [0.15, 0.2) is 0 Å². The van der Waals surface area contributed by atoms with Gasteiger partial charge in [-0.05, 0) is 43.9 Å². The smallest absolute Gasteiger partial charge is 0.128 e. The normalized spacial score (nSPS) is 15.9. The maximum absolute atomic E-state index is 13.8. The van der Waals surface area contributed by atoms with Crippen LogP contribution in [0.15, 0.2) is 24.4 Å². The molecule has 2 rings (SSSR count). The Morgan fingerprint density at radius 2 is 2.19 bits per heavy atom. The van der Waals surface area contributed by atoms with E-state index in [-0.39, 0.29) is 5.82 Å². The number of aryl methyl sites for hydroxylation is 1. The van der Waals surface area contributed by atoms with Crippen LogP contribution < -0.4 is 4.90 Å². The van der Waals surface area contributed by atoms with Crippen molar-refractivity contribution in [2.45, 2.75) is 33.1 Å². The van der Waals surface area contributed by atoms with Crippen molar-refractivity contribution < 1.29 is 4.39 Å². The lowest BCUT2D eigenvalue weighted by molar-refractivity contribution is 0.610. The number of halogens is 1. The summed E-state index contributed by atoms with van der Waals surface area (Å²) in [6, 6.07) is 3.68. The maximum atomic E-state index is 13.8. The van der Waals surface area contributed by atoms with Gasteiger partial charge in [0.05, 0.1) is 0 Å². The summed E-state index contributed by atoms with van der Waals surface area (Å²) < 4.78 is 13.8. The van der Waals surface area contributed by atoms with Gasteiger partial charge in [0.2, 0.25) is 0 Å². The van der Waals surface area contributed by atoms with Gasteiger partial charge in [-0.25, -0.2) is 4.39 Å². The van der Waals surface area contributed by atoms with Crippen molar-refractivity contribution in [3.63, 3.8) is 0 Å². The molecule has 0 aromatic heterocycles. The minimum atomic E-state index is -0.0859. The maximum Gasteiger partial charge on any atom is 0.128 e. The number of allylic oxidation sites excluding steroid dienone is 1. The zero-order valence-corrected chi connectivity index (χ0v) is 10.0. The minimum absolute atomic E-state index is 0.0859. The summed E-state index contributed by atoms with van der Waals surface area (Å²) in [5, 5.41) is 0. The Labute approximate surface area is 96.6 Å². The van der Waals surface area contributed by atoms with Crippen molar-refractivity contribution in [1.29, 1.82) is 0 Å². The molecule has 0 saturated carbocycles.